The maximum atomic E-state index is 12.1. The first-order chi connectivity index (χ1) is 12.3. The minimum atomic E-state index is 0. The van der Waals surface area contributed by atoms with Gasteiger partial charge in [-0.1, -0.05) is 48.5 Å². The molecule has 0 aliphatic carbocycles. The lowest BCUT2D eigenvalue weighted by molar-refractivity contribution is -0.122. The van der Waals surface area contributed by atoms with Crippen molar-refractivity contribution >= 4 is 18.3 Å². The highest BCUT2D eigenvalue weighted by Crippen LogP contribution is 2.19. The van der Waals surface area contributed by atoms with E-state index in [1.54, 1.807) is 0 Å². The number of carbonyl (C=O) groups is 1. The lowest BCUT2D eigenvalue weighted by Gasteiger charge is -2.23. The monoisotopic (exact) mass is 376 g/mol. The average Bonchev–Trinajstić information content (AvgIpc) is 2.67. The van der Waals surface area contributed by atoms with Gasteiger partial charge in [0.05, 0.1) is 13.2 Å². The highest BCUT2D eigenvalue weighted by atomic mass is 35.5. The van der Waals surface area contributed by atoms with Crippen LogP contribution in [-0.2, 0) is 22.7 Å². The molecule has 1 aliphatic rings. The maximum Gasteiger partial charge on any atom is 0.221 e. The van der Waals surface area contributed by atoms with Crippen LogP contribution in [0.2, 0.25) is 0 Å². The summed E-state index contributed by atoms with van der Waals surface area (Å²) in [5.41, 5.74) is 2.09. The Balaban J connectivity index is 0.00000243. The summed E-state index contributed by atoms with van der Waals surface area (Å²) in [6.45, 7) is 3.06. The molecule has 0 bridgehead atoms. The summed E-state index contributed by atoms with van der Waals surface area (Å²) in [5.74, 6) is 0.812. The first kappa shape index (κ1) is 20.2. The molecule has 1 unspecified atom stereocenters. The van der Waals surface area contributed by atoms with Gasteiger partial charge in [0.1, 0.15) is 12.4 Å². The third-order valence-electron chi connectivity index (χ3n) is 4.12. The van der Waals surface area contributed by atoms with E-state index in [4.69, 9.17) is 9.47 Å². The van der Waals surface area contributed by atoms with Gasteiger partial charge in [-0.2, -0.15) is 0 Å². The Morgan fingerprint density at radius 1 is 1.15 bits per heavy atom. The number of hydrogen-bond acceptors (Lipinski definition) is 4. The van der Waals surface area contributed by atoms with E-state index in [0.717, 1.165) is 23.4 Å². The van der Waals surface area contributed by atoms with Crippen molar-refractivity contribution in [1.82, 2.24) is 10.6 Å². The molecule has 1 heterocycles. The van der Waals surface area contributed by atoms with E-state index in [0.29, 0.717) is 32.8 Å². The average molecular weight is 377 g/mol. The first-order valence-corrected chi connectivity index (χ1v) is 8.64. The van der Waals surface area contributed by atoms with Crippen molar-refractivity contribution in [2.45, 2.75) is 25.6 Å². The molecule has 1 amide bonds. The van der Waals surface area contributed by atoms with Crippen LogP contribution in [0.3, 0.4) is 0 Å². The molecule has 2 aromatic rings. The standard InChI is InChI=1S/C20H24N2O3.ClH/c23-20(12-18-15-24-11-10-21-18)22-13-17-8-4-5-9-19(17)25-14-16-6-2-1-3-7-16;/h1-9,18,21H,10-15H2,(H,22,23);1H. The number of para-hydroxylation sites is 1. The second-order valence-corrected chi connectivity index (χ2v) is 6.09. The molecule has 2 aromatic carbocycles. The van der Waals surface area contributed by atoms with Gasteiger partial charge in [-0.25, -0.2) is 0 Å². The fourth-order valence-electron chi connectivity index (χ4n) is 2.77. The first-order valence-electron chi connectivity index (χ1n) is 8.64. The number of rotatable bonds is 7. The van der Waals surface area contributed by atoms with Crippen LogP contribution in [0.25, 0.3) is 0 Å². The van der Waals surface area contributed by atoms with Crippen molar-refractivity contribution in [3.8, 4) is 5.75 Å². The van der Waals surface area contributed by atoms with Crippen LogP contribution in [0.15, 0.2) is 54.6 Å². The summed E-state index contributed by atoms with van der Waals surface area (Å²) < 4.78 is 11.3. The van der Waals surface area contributed by atoms with Crippen LogP contribution < -0.4 is 15.4 Å². The molecule has 3 rings (SSSR count). The zero-order valence-corrected chi connectivity index (χ0v) is 15.5. The van der Waals surface area contributed by atoms with Crippen LogP contribution in [0, 0.1) is 0 Å². The molecule has 5 nitrogen and oxygen atoms in total. The molecule has 1 fully saturated rings. The Kier molecular flexibility index (Phi) is 8.41. The number of ether oxygens (including phenoxy) is 2. The van der Waals surface area contributed by atoms with E-state index in [1.807, 2.05) is 54.6 Å². The molecule has 26 heavy (non-hydrogen) atoms. The molecule has 140 valence electrons. The Morgan fingerprint density at radius 3 is 2.69 bits per heavy atom. The van der Waals surface area contributed by atoms with Gasteiger partial charge in [-0.05, 0) is 11.6 Å². The second kappa shape index (κ2) is 10.8. The SMILES string of the molecule is Cl.O=C(CC1COCCN1)NCc1ccccc1OCc1ccccc1. The molecule has 0 saturated carbocycles. The summed E-state index contributed by atoms with van der Waals surface area (Å²) >= 11 is 0. The third-order valence-corrected chi connectivity index (χ3v) is 4.12. The number of benzene rings is 2. The van der Waals surface area contributed by atoms with Gasteiger partial charge in [0.25, 0.3) is 0 Å². The Morgan fingerprint density at radius 2 is 1.92 bits per heavy atom. The zero-order chi connectivity index (χ0) is 17.3. The molecule has 1 saturated heterocycles. The molecule has 2 N–H and O–H groups in total. The smallest absolute Gasteiger partial charge is 0.221 e. The van der Waals surface area contributed by atoms with Gasteiger partial charge in [0, 0.05) is 31.1 Å². The normalized spacial score (nSPS) is 16.4. The summed E-state index contributed by atoms with van der Waals surface area (Å²) in [6, 6.07) is 17.9. The van der Waals surface area contributed by atoms with Crippen molar-refractivity contribution in [2.75, 3.05) is 19.8 Å². The van der Waals surface area contributed by atoms with Crippen LogP contribution in [-0.4, -0.2) is 31.7 Å². The summed E-state index contributed by atoms with van der Waals surface area (Å²) in [7, 11) is 0. The predicted molar refractivity (Wildman–Crippen MR) is 104 cm³/mol. The molecule has 1 atom stereocenters. The van der Waals surface area contributed by atoms with E-state index in [1.165, 1.54) is 0 Å². The zero-order valence-electron chi connectivity index (χ0n) is 14.6. The molecular formula is C20H25ClN2O3. The molecule has 1 aliphatic heterocycles. The predicted octanol–water partition coefficient (Wildman–Crippen LogP) is 2.68. The topological polar surface area (TPSA) is 59.6 Å². The Labute approximate surface area is 160 Å². The maximum absolute atomic E-state index is 12.1. The van der Waals surface area contributed by atoms with Crippen molar-refractivity contribution < 1.29 is 14.3 Å². The largest absolute Gasteiger partial charge is 0.489 e. The summed E-state index contributed by atoms with van der Waals surface area (Å²) in [5, 5.41) is 6.26. The van der Waals surface area contributed by atoms with Crippen molar-refractivity contribution in [1.29, 1.82) is 0 Å². The lowest BCUT2D eigenvalue weighted by atomic mass is 10.1. The van der Waals surface area contributed by atoms with E-state index >= 15 is 0 Å². The molecule has 0 radical (unpaired) electrons. The van der Waals surface area contributed by atoms with E-state index < -0.39 is 0 Å². The Bertz CT molecular complexity index is 676. The minimum Gasteiger partial charge on any atom is -0.489 e. The third kappa shape index (κ3) is 6.33. The summed E-state index contributed by atoms with van der Waals surface area (Å²) in [6.07, 6.45) is 0.424. The van der Waals surface area contributed by atoms with Crippen molar-refractivity contribution in [2.24, 2.45) is 0 Å². The van der Waals surface area contributed by atoms with E-state index in [2.05, 4.69) is 10.6 Å². The highest BCUT2D eigenvalue weighted by Gasteiger charge is 2.16. The number of nitrogens with one attached hydrogen (secondary N) is 2. The quantitative estimate of drug-likeness (QED) is 0.780. The molecule has 6 heteroatoms. The molecule has 0 aromatic heterocycles. The number of amides is 1. The van der Waals surface area contributed by atoms with Gasteiger partial charge in [-0.15, -0.1) is 12.4 Å². The Hall–Kier alpha value is -2.08. The van der Waals surface area contributed by atoms with Crippen molar-refractivity contribution in [3.05, 3.63) is 65.7 Å². The van der Waals surface area contributed by atoms with Crippen LogP contribution in [0.5, 0.6) is 5.75 Å². The number of morpholine rings is 1. The van der Waals surface area contributed by atoms with Gasteiger partial charge in [0.15, 0.2) is 0 Å². The van der Waals surface area contributed by atoms with Gasteiger partial charge >= 0.3 is 0 Å². The van der Waals surface area contributed by atoms with Crippen LogP contribution in [0.1, 0.15) is 17.5 Å². The fourth-order valence-corrected chi connectivity index (χ4v) is 2.77. The van der Waals surface area contributed by atoms with Gasteiger partial charge < -0.3 is 20.1 Å². The summed E-state index contributed by atoms with van der Waals surface area (Å²) in [4.78, 5) is 12.1. The van der Waals surface area contributed by atoms with E-state index in [9.17, 15) is 4.79 Å². The molecule has 0 spiro atoms. The number of carbonyl (C=O) groups excluding carboxylic acids is 1. The van der Waals surface area contributed by atoms with Crippen LogP contribution in [0.4, 0.5) is 0 Å². The van der Waals surface area contributed by atoms with Crippen molar-refractivity contribution in [3.63, 3.8) is 0 Å². The van der Waals surface area contributed by atoms with Gasteiger partial charge in [-0.3, -0.25) is 4.79 Å². The van der Waals surface area contributed by atoms with E-state index in [-0.39, 0.29) is 24.4 Å². The van der Waals surface area contributed by atoms with Crippen LogP contribution >= 0.6 is 12.4 Å². The number of hydrogen-bond donors (Lipinski definition) is 2. The number of halogens is 1. The highest BCUT2D eigenvalue weighted by molar-refractivity contribution is 5.85. The minimum absolute atomic E-state index is 0. The van der Waals surface area contributed by atoms with Gasteiger partial charge in [0.2, 0.25) is 5.91 Å². The molecular weight excluding hydrogens is 352 g/mol. The lowest BCUT2D eigenvalue weighted by Crippen LogP contribution is -2.44. The fraction of sp³-hybridized carbons (Fsp3) is 0.350. The second-order valence-electron chi connectivity index (χ2n) is 6.09.